The fraction of sp³-hybridized carbons (Fsp3) is 0.0909. The first-order valence-corrected chi connectivity index (χ1v) is 11.2. The van der Waals surface area contributed by atoms with Crippen molar-refractivity contribution in [3.8, 4) is 0 Å². The molecule has 5 aromatic rings. The van der Waals surface area contributed by atoms with E-state index in [1.165, 1.54) is 6.20 Å². The van der Waals surface area contributed by atoms with Gasteiger partial charge in [-0.15, -0.1) is 0 Å². The number of pyridine rings is 1. The van der Waals surface area contributed by atoms with E-state index < -0.39 is 9.84 Å². The predicted octanol–water partition coefficient (Wildman–Crippen LogP) is 2.61. The fourth-order valence-electron chi connectivity index (χ4n) is 3.48. The highest BCUT2D eigenvalue weighted by Crippen LogP contribution is 2.25. The van der Waals surface area contributed by atoms with Gasteiger partial charge in [-0.25, -0.2) is 13.4 Å². The highest BCUT2D eigenvalue weighted by atomic mass is 32.2. The number of aromatic amines is 1. The molecule has 0 aliphatic heterocycles. The third kappa shape index (κ3) is 3.50. The summed E-state index contributed by atoms with van der Waals surface area (Å²) in [6.07, 6.45) is 4.72. The molecule has 2 N–H and O–H groups in total. The number of hydrogen-bond acceptors (Lipinski definition) is 6. The van der Waals surface area contributed by atoms with Crippen molar-refractivity contribution in [1.82, 2.24) is 30.3 Å². The number of carbonyl (C=O) groups is 1. The minimum absolute atomic E-state index is 0.186. The van der Waals surface area contributed by atoms with Crippen LogP contribution >= 0.6 is 0 Å². The second-order valence-electron chi connectivity index (χ2n) is 7.35. The topological polar surface area (TPSA) is 123 Å². The third-order valence-electron chi connectivity index (χ3n) is 5.27. The summed E-state index contributed by atoms with van der Waals surface area (Å²) in [6, 6.07) is 13.1. The number of fused-ring (bicyclic) bond motifs is 2. The Labute approximate surface area is 183 Å². The van der Waals surface area contributed by atoms with Crippen LogP contribution in [0.5, 0.6) is 0 Å². The van der Waals surface area contributed by atoms with Gasteiger partial charge in [0, 0.05) is 30.6 Å². The van der Waals surface area contributed by atoms with Crippen LogP contribution in [0.3, 0.4) is 0 Å². The smallest absolute Gasteiger partial charge is 0.253 e. The van der Waals surface area contributed by atoms with Crippen molar-refractivity contribution in [2.45, 2.75) is 16.3 Å². The van der Waals surface area contributed by atoms with Gasteiger partial charge < -0.3 is 5.32 Å². The second kappa shape index (κ2) is 7.57. The molecule has 0 atom stereocenters. The van der Waals surface area contributed by atoms with Crippen LogP contribution < -0.4 is 5.32 Å². The van der Waals surface area contributed by atoms with Crippen LogP contribution in [0.25, 0.3) is 21.9 Å². The van der Waals surface area contributed by atoms with E-state index in [0.717, 1.165) is 21.9 Å². The molecule has 0 unspecified atom stereocenters. The van der Waals surface area contributed by atoms with Gasteiger partial charge in [-0.05, 0) is 42.0 Å². The zero-order valence-corrected chi connectivity index (χ0v) is 17.8. The standard InChI is InChI=1S/C22H18N6O3S/c1-28-20-7-6-19(9-15(20)13-26-28)32(30,31)18-4-2-14(3-5-18)10-24-22(29)17-8-16-12-25-27-21(16)23-11-17/h2-9,11-13H,10H2,1H3,(H,24,29)(H,23,25,27). The quantitative estimate of drug-likeness (QED) is 0.428. The zero-order valence-electron chi connectivity index (χ0n) is 17.0. The van der Waals surface area contributed by atoms with E-state index in [4.69, 9.17) is 0 Å². The average Bonchev–Trinajstić information content (AvgIpc) is 3.43. The van der Waals surface area contributed by atoms with Crippen molar-refractivity contribution < 1.29 is 13.2 Å². The van der Waals surface area contributed by atoms with Crippen molar-refractivity contribution in [3.05, 3.63) is 78.2 Å². The molecular formula is C22H18N6O3S. The maximum Gasteiger partial charge on any atom is 0.253 e. The predicted molar refractivity (Wildman–Crippen MR) is 118 cm³/mol. The highest BCUT2D eigenvalue weighted by Gasteiger charge is 2.18. The monoisotopic (exact) mass is 446 g/mol. The number of nitrogens with zero attached hydrogens (tertiary/aromatic N) is 4. The lowest BCUT2D eigenvalue weighted by atomic mass is 10.2. The van der Waals surface area contributed by atoms with Crippen LogP contribution in [0.4, 0.5) is 0 Å². The van der Waals surface area contributed by atoms with E-state index in [1.807, 2.05) is 0 Å². The van der Waals surface area contributed by atoms with E-state index in [9.17, 15) is 13.2 Å². The first-order valence-electron chi connectivity index (χ1n) is 9.75. The number of aromatic nitrogens is 5. The molecule has 0 spiro atoms. The molecule has 9 nitrogen and oxygen atoms in total. The molecule has 1 amide bonds. The lowest BCUT2D eigenvalue weighted by Crippen LogP contribution is -2.22. The van der Waals surface area contributed by atoms with Gasteiger partial charge in [-0.1, -0.05) is 12.1 Å². The van der Waals surface area contributed by atoms with Crippen LogP contribution in [0.15, 0.2) is 76.9 Å². The zero-order chi connectivity index (χ0) is 22.3. The number of aryl methyl sites for hydroxylation is 1. The molecule has 0 fully saturated rings. The molecule has 5 rings (SSSR count). The molecule has 32 heavy (non-hydrogen) atoms. The molecule has 0 saturated carbocycles. The van der Waals surface area contributed by atoms with Crippen molar-refractivity contribution >= 4 is 37.7 Å². The maximum absolute atomic E-state index is 13.0. The molecule has 0 radical (unpaired) electrons. The molecule has 0 saturated heterocycles. The summed E-state index contributed by atoms with van der Waals surface area (Å²) in [6.45, 7) is 0.254. The van der Waals surface area contributed by atoms with Gasteiger partial charge >= 0.3 is 0 Å². The average molecular weight is 446 g/mol. The fourth-order valence-corrected chi connectivity index (χ4v) is 4.77. The molecule has 160 valence electrons. The first kappa shape index (κ1) is 19.9. The van der Waals surface area contributed by atoms with Gasteiger partial charge in [-0.2, -0.15) is 10.2 Å². The second-order valence-corrected chi connectivity index (χ2v) is 9.30. The Morgan fingerprint density at radius 3 is 2.59 bits per heavy atom. The Morgan fingerprint density at radius 1 is 1.00 bits per heavy atom. The number of rotatable bonds is 5. The van der Waals surface area contributed by atoms with E-state index in [2.05, 4.69) is 25.6 Å². The Bertz CT molecular complexity index is 1570. The molecule has 10 heteroatoms. The Hall–Kier alpha value is -4.05. The van der Waals surface area contributed by atoms with Crippen LogP contribution in [0.1, 0.15) is 15.9 Å². The summed E-state index contributed by atoms with van der Waals surface area (Å²) < 4.78 is 27.7. The van der Waals surface area contributed by atoms with Crippen molar-refractivity contribution in [2.24, 2.45) is 7.05 Å². The number of hydrogen-bond donors (Lipinski definition) is 2. The number of carbonyl (C=O) groups excluding carboxylic acids is 1. The summed E-state index contributed by atoms with van der Waals surface area (Å²) in [5, 5.41) is 15.1. The van der Waals surface area contributed by atoms with Gasteiger partial charge in [0.2, 0.25) is 9.84 Å². The number of benzene rings is 2. The van der Waals surface area contributed by atoms with Gasteiger partial charge in [0.25, 0.3) is 5.91 Å². The molecular weight excluding hydrogens is 428 g/mol. The van der Waals surface area contributed by atoms with E-state index >= 15 is 0 Å². The van der Waals surface area contributed by atoms with E-state index in [1.54, 1.807) is 72.7 Å². The number of amides is 1. The van der Waals surface area contributed by atoms with Crippen molar-refractivity contribution in [3.63, 3.8) is 0 Å². The Morgan fingerprint density at radius 2 is 1.78 bits per heavy atom. The third-order valence-corrected chi connectivity index (χ3v) is 7.04. The normalized spacial score (nSPS) is 11.8. The minimum atomic E-state index is -3.67. The van der Waals surface area contributed by atoms with Gasteiger partial charge in [0.05, 0.1) is 33.3 Å². The highest BCUT2D eigenvalue weighted by molar-refractivity contribution is 7.91. The summed E-state index contributed by atoms with van der Waals surface area (Å²) in [7, 11) is -1.86. The maximum atomic E-state index is 13.0. The number of H-pyrrole nitrogens is 1. The lowest BCUT2D eigenvalue weighted by molar-refractivity contribution is 0.0950. The Balaban J connectivity index is 1.31. The molecule has 0 aliphatic rings. The number of sulfone groups is 1. The van der Waals surface area contributed by atoms with Gasteiger partial charge in [0.15, 0.2) is 5.65 Å². The molecule has 3 aromatic heterocycles. The first-order chi connectivity index (χ1) is 15.4. The molecule has 3 heterocycles. The van der Waals surface area contributed by atoms with Crippen LogP contribution in [-0.2, 0) is 23.4 Å². The summed E-state index contributed by atoms with van der Waals surface area (Å²) in [5.41, 5.74) is 2.67. The largest absolute Gasteiger partial charge is 0.348 e. The summed E-state index contributed by atoms with van der Waals surface area (Å²) in [5.74, 6) is -0.276. The summed E-state index contributed by atoms with van der Waals surface area (Å²) in [4.78, 5) is 17.0. The van der Waals surface area contributed by atoms with Crippen LogP contribution in [0.2, 0.25) is 0 Å². The molecule has 2 aromatic carbocycles. The van der Waals surface area contributed by atoms with Gasteiger partial charge in [-0.3, -0.25) is 14.6 Å². The van der Waals surface area contributed by atoms with Crippen molar-refractivity contribution in [1.29, 1.82) is 0 Å². The summed E-state index contributed by atoms with van der Waals surface area (Å²) >= 11 is 0. The van der Waals surface area contributed by atoms with Crippen molar-refractivity contribution in [2.75, 3.05) is 0 Å². The molecule has 0 aliphatic carbocycles. The van der Waals surface area contributed by atoms with Crippen LogP contribution in [-0.4, -0.2) is 39.3 Å². The van der Waals surface area contributed by atoms with E-state index in [-0.39, 0.29) is 22.2 Å². The van der Waals surface area contributed by atoms with Crippen LogP contribution in [0, 0.1) is 0 Å². The molecule has 0 bridgehead atoms. The SMILES string of the molecule is Cn1ncc2cc(S(=O)(=O)c3ccc(CNC(=O)c4cnc5[nH]ncc5c4)cc3)ccc21. The Kier molecular flexibility index (Phi) is 4.71. The van der Waals surface area contributed by atoms with Gasteiger partial charge in [0.1, 0.15) is 0 Å². The van der Waals surface area contributed by atoms with E-state index in [0.29, 0.717) is 11.2 Å². The minimum Gasteiger partial charge on any atom is -0.348 e. The lowest BCUT2D eigenvalue weighted by Gasteiger charge is -2.08. The number of nitrogens with one attached hydrogen (secondary N) is 2.